The largest absolute Gasteiger partial charge is 0.321 e. The summed E-state index contributed by atoms with van der Waals surface area (Å²) in [5, 5.41) is 3.45. The molecule has 2 fully saturated rings. The minimum absolute atomic E-state index is 0.0583. The zero-order valence-corrected chi connectivity index (χ0v) is 11.9. The first kappa shape index (κ1) is 12.7. The Hall–Kier alpha value is -1.35. The van der Waals surface area contributed by atoms with E-state index in [9.17, 15) is 4.79 Å². The van der Waals surface area contributed by atoms with E-state index in [2.05, 4.69) is 37.4 Å². The molecule has 0 radical (unpaired) electrons. The smallest absolute Gasteiger partial charge is 0.241 e. The van der Waals surface area contributed by atoms with Crippen molar-refractivity contribution < 1.29 is 4.79 Å². The standard InChI is InChI=1S/C16H22N2O/c1-10-4-5-11(2)14(8-10)15-17-12(3)16(19)18(15)9-13-6-7-13/h4-5,8,12-13,15,17H,6-7,9H2,1-3H3. The third-order valence-corrected chi connectivity index (χ3v) is 4.25. The Kier molecular flexibility index (Phi) is 3.09. The second kappa shape index (κ2) is 4.64. The van der Waals surface area contributed by atoms with Crippen molar-refractivity contribution in [3.05, 3.63) is 34.9 Å². The maximum atomic E-state index is 12.3. The van der Waals surface area contributed by atoms with Crippen LogP contribution in [0.25, 0.3) is 0 Å². The van der Waals surface area contributed by atoms with Crippen molar-refractivity contribution in [2.24, 2.45) is 5.92 Å². The SMILES string of the molecule is Cc1ccc(C)c(C2NC(C)C(=O)N2CC2CC2)c1. The fourth-order valence-electron chi connectivity index (χ4n) is 2.86. The molecule has 102 valence electrons. The Morgan fingerprint density at radius 2 is 2.05 bits per heavy atom. The normalized spacial score (nSPS) is 27.1. The topological polar surface area (TPSA) is 32.3 Å². The van der Waals surface area contributed by atoms with Crippen molar-refractivity contribution in [1.29, 1.82) is 0 Å². The van der Waals surface area contributed by atoms with E-state index in [0.29, 0.717) is 0 Å². The van der Waals surface area contributed by atoms with E-state index in [1.54, 1.807) is 0 Å². The fraction of sp³-hybridized carbons (Fsp3) is 0.562. The number of rotatable bonds is 3. The highest BCUT2D eigenvalue weighted by atomic mass is 16.2. The van der Waals surface area contributed by atoms with E-state index >= 15 is 0 Å². The van der Waals surface area contributed by atoms with E-state index in [1.165, 1.54) is 29.5 Å². The van der Waals surface area contributed by atoms with Gasteiger partial charge in [0.05, 0.1) is 6.04 Å². The summed E-state index contributed by atoms with van der Waals surface area (Å²) in [5.74, 6) is 0.974. The molecular formula is C16H22N2O. The van der Waals surface area contributed by atoms with E-state index in [4.69, 9.17) is 0 Å². The van der Waals surface area contributed by atoms with Gasteiger partial charge >= 0.3 is 0 Å². The van der Waals surface area contributed by atoms with Gasteiger partial charge in [-0.3, -0.25) is 10.1 Å². The van der Waals surface area contributed by atoms with Crippen molar-refractivity contribution in [3.63, 3.8) is 0 Å². The first-order chi connectivity index (χ1) is 9.06. The van der Waals surface area contributed by atoms with Crippen LogP contribution in [0.3, 0.4) is 0 Å². The lowest BCUT2D eigenvalue weighted by molar-refractivity contribution is -0.130. The summed E-state index contributed by atoms with van der Waals surface area (Å²) in [6.45, 7) is 7.11. The molecule has 0 bridgehead atoms. The maximum Gasteiger partial charge on any atom is 0.241 e. The van der Waals surface area contributed by atoms with Gasteiger partial charge in [0, 0.05) is 6.54 Å². The highest BCUT2D eigenvalue weighted by Crippen LogP contribution is 2.35. The Bertz CT molecular complexity index is 507. The van der Waals surface area contributed by atoms with Crippen LogP contribution in [0.4, 0.5) is 0 Å². The highest BCUT2D eigenvalue weighted by Gasteiger charge is 2.40. The van der Waals surface area contributed by atoms with E-state index in [0.717, 1.165) is 12.5 Å². The third kappa shape index (κ3) is 2.39. The van der Waals surface area contributed by atoms with Crippen LogP contribution >= 0.6 is 0 Å². The second-order valence-electron chi connectivity index (χ2n) is 6.08. The molecule has 1 saturated carbocycles. The summed E-state index contributed by atoms with van der Waals surface area (Å²) < 4.78 is 0. The first-order valence-electron chi connectivity index (χ1n) is 7.20. The van der Waals surface area contributed by atoms with Crippen LogP contribution in [0.1, 0.15) is 42.6 Å². The second-order valence-corrected chi connectivity index (χ2v) is 6.08. The van der Waals surface area contributed by atoms with Crippen molar-refractivity contribution in [3.8, 4) is 0 Å². The molecule has 1 heterocycles. The number of hydrogen-bond acceptors (Lipinski definition) is 2. The number of carbonyl (C=O) groups excluding carboxylic acids is 1. The van der Waals surface area contributed by atoms with Crippen LogP contribution in [0.15, 0.2) is 18.2 Å². The molecule has 19 heavy (non-hydrogen) atoms. The number of hydrogen-bond donors (Lipinski definition) is 1. The summed E-state index contributed by atoms with van der Waals surface area (Å²) in [5.41, 5.74) is 3.75. The van der Waals surface area contributed by atoms with E-state index < -0.39 is 0 Å². The van der Waals surface area contributed by atoms with Gasteiger partial charge in [0.1, 0.15) is 6.17 Å². The van der Waals surface area contributed by atoms with Crippen LogP contribution in [0, 0.1) is 19.8 Å². The lowest BCUT2D eigenvalue weighted by Gasteiger charge is -2.26. The number of carbonyl (C=O) groups is 1. The Balaban J connectivity index is 1.92. The molecule has 1 aromatic carbocycles. The predicted octanol–water partition coefficient (Wildman–Crippen LogP) is 2.53. The van der Waals surface area contributed by atoms with Gasteiger partial charge in [-0.25, -0.2) is 0 Å². The van der Waals surface area contributed by atoms with Gasteiger partial charge in [0.15, 0.2) is 0 Å². The molecule has 3 nitrogen and oxygen atoms in total. The molecule has 3 rings (SSSR count). The summed E-state index contributed by atoms with van der Waals surface area (Å²) >= 11 is 0. The molecule has 1 amide bonds. The number of benzene rings is 1. The van der Waals surface area contributed by atoms with Crippen LogP contribution in [0.5, 0.6) is 0 Å². The predicted molar refractivity (Wildman–Crippen MR) is 75.7 cm³/mol. The van der Waals surface area contributed by atoms with Gasteiger partial charge in [-0.15, -0.1) is 0 Å². The maximum absolute atomic E-state index is 12.3. The molecule has 2 atom stereocenters. The molecule has 0 aromatic heterocycles. The van der Waals surface area contributed by atoms with Crippen LogP contribution in [-0.2, 0) is 4.79 Å². The molecule has 2 unspecified atom stereocenters. The fourth-order valence-corrected chi connectivity index (χ4v) is 2.86. The molecule has 1 aromatic rings. The minimum Gasteiger partial charge on any atom is -0.321 e. The summed E-state index contributed by atoms with van der Waals surface area (Å²) in [6.07, 6.45) is 2.61. The van der Waals surface area contributed by atoms with Gasteiger partial charge in [0.2, 0.25) is 5.91 Å². The van der Waals surface area contributed by atoms with Crippen molar-refractivity contribution in [1.82, 2.24) is 10.2 Å². The molecule has 3 heteroatoms. The van der Waals surface area contributed by atoms with E-state index in [1.807, 2.05) is 11.8 Å². The summed E-state index contributed by atoms with van der Waals surface area (Å²) in [7, 11) is 0. The van der Waals surface area contributed by atoms with Crippen LogP contribution in [0.2, 0.25) is 0 Å². The number of nitrogens with one attached hydrogen (secondary N) is 1. The van der Waals surface area contributed by atoms with Gasteiger partial charge in [-0.2, -0.15) is 0 Å². The number of amides is 1. The van der Waals surface area contributed by atoms with Crippen LogP contribution < -0.4 is 5.32 Å². The Labute approximate surface area is 115 Å². The molecule has 0 spiro atoms. The van der Waals surface area contributed by atoms with E-state index in [-0.39, 0.29) is 18.1 Å². The number of nitrogens with zero attached hydrogens (tertiary/aromatic N) is 1. The molecule has 1 aliphatic carbocycles. The molecular weight excluding hydrogens is 236 g/mol. The minimum atomic E-state index is -0.0661. The van der Waals surface area contributed by atoms with Gasteiger partial charge < -0.3 is 4.90 Å². The summed E-state index contributed by atoms with van der Waals surface area (Å²) in [4.78, 5) is 14.4. The Morgan fingerprint density at radius 3 is 2.74 bits per heavy atom. The van der Waals surface area contributed by atoms with Crippen LogP contribution in [-0.4, -0.2) is 23.4 Å². The third-order valence-electron chi connectivity index (χ3n) is 4.25. The molecule has 1 aliphatic heterocycles. The quantitative estimate of drug-likeness (QED) is 0.903. The monoisotopic (exact) mass is 258 g/mol. The van der Waals surface area contributed by atoms with Crippen molar-refractivity contribution in [2.45, 2.75) is 45.8 Å². The zero-order valence-electron chi connectivity index (χ0n) is 11.9. The molecule has 2 aliphatic rings. The molecule has 1 saturated heterocycles. The molecule has 1 N–H and O–H groups in total. The first-order valence-corrected chi connectivity index (χ1v) is 7.20. The van der Waals surface area contributed by atoms with Crippen molar-refractivity contribution in [2.75, 3.05) is 6.54 Å². The average molecular weight is 258 g/mol. The highest BCUT2D eigenvalue weighted by molar-refractivity contribution is 5.84. The summed E-state index contributed by atoms with van der Waals surface area (Å²) in [6, 6.07) is 6.42. The number of aryl methyl sites for hydroxylation is 2. The van der Waals surface area contributed by atoms with Crippen molar-refractivity contribution >= 4 is 5.91 Å². The lowest BCUT2D eigenvalue weighted by Crippen LogP contribution is -2.32. The lowest BCUT2D eigenvalue weighted by atomic mass is 10.0. The van der Waals surface area contributed by atoms with Gasteiger partial charge in [0.25, 0.3) is 0 Å². The Morgan fingerprint density at radius 1 is 1.32 bits per heavy atom. The van der Waals surface area contributed by atoms with Gasteiger partial charge in [-0.1, -0.05) is 23.8 Å². The zero-order chi connectivity index (χ0) is 13.6. The average Bonchev–Trinajstić information content (AvgIpc) is 3.15. The van der Waals surface area contributed by atoms with Gasteiger partial charge in [-0.05, 0) is 50.7 Å².